The van der Waals surface area contributed by atoms with Crippen LogP contribution in [0.5, 0.6) is 5.75 Å². The van der Waals surface area contributed by atoms with E-state index in [1.165, 1.54) is 55.3 Å². The molecule has 4 rings (SSSR count). The average Bonchev–Trinajstić information content (AvgIpc) is 3.55. The van der Waals surface area contributed by atoms with E-state index in [1.54, 1.807) is 0 Å². The molecular formula is C22H25FN6O5S. The molecule has 11 nitrogen and oxygen atoms in total. The van der Waals surface area contributed by atoms with E-state index in [1.807, 2.05) is 0 Å². The smallest absolute Gasteiger partial charge is 0.274 e. The van der Waals surface area contributed by atoms with Crippen molar-refractivity contribution in [3.05, 3.63) is 47.8 Å². The van der Waals surface area contributed by atoms with Crippen molar-refractivity contribution in [1.29, 1.82) is 0 Å². The molecule has 4 N–H and O–H groups in total. The molecule has 1 fully saturated rings. The van der Waals surface area contributed by atoms with Crippen LogP contribution in [0.3, 0.4) is 0 Å². The van der Waals surface area contributed by atoms with Crippen molar-refractivity contribution in [1.82, 2.24) is 25.2 Å². The average molecular weight is 505 g/mol. The Bertz CT molecular complexity index is 1400. The molecule has 186 valence electrons. The number of ether oxygens (including phenoxy) is 1. The highest BCUT2D eigenvalue weighted by Gasteiger charge is 2.29. The summed E-state index contributed by atoms with van der Waals surface area (Å²) < 4.78 is 49.3. The SMILES string of the molecule is CONC(=O)c1cc(-c2cc(S(=O)(=O)NC3CC3)ccc2OC)c2nnn(C/C(F)=C/CN)c2c1. The number of carbonyl (C=O) groups is 1. The quantitative estimate of drug-likeness (QED) is 0.353. The Kier molecular flexibility index (Phi) is 7.12. The first kappa shape index (κ1) is 24.7. The van der Waals surface area contributed by atoms with Crippen LogP contribution in [0.25, 0.3) is 22.2 Å². The number of methoxy groups -OCH3 is 1. The molecule has 1 aliphatic carbocycles. The summed E-state index contributed by atoms with van der Waals surface area (Å²) in [5.41, 5.74) is 9.20. The Morgan fingerprint density at radius 3 is 2.69 bits per heavy atom. The van der Waals surface area contributed by atoms with E-state index < -0.39 is 21.8 Å². The summed E-state index contributed by atoms with van der Waals surface area (Å²) in [7, 11) is -1.04. The molecule has 1 aliphatic rings. The van der Waals surface area contributed by atoms with Gasteiger partial charge in [0.05, 0.1) is 31.2 Å². The number of halogens is 1. The molecule has 0 unspecified atom stereocenters. The van der Waals surface area contributed by atoms with Gasteiger partial charge in [-0.1, -0.05) is 5.21 Å². The zero-order valence-corrected chi connectivity index (χ0v) is 19.9. The normalized spacial score (nSPS) is 14.3. The minimum Gasteiger partial charge on any atom is -0.496 e. The second-order valence-electron chi connectivity index (χ2n) is 7.92. The highest BCUT2D eigenvalue weighted by Crippen LogP contribution is 2.37. The van der Waals surface area contributed by atoms with Crippen molar-refractivity contribution in [2.75, 3.05) is 20.8 Å². The van der Waals surface area contributed by atoms with Gasteiger partial charge in [0.15, 0.2) is 0 Å². The fourth-order valence-corrected chi connectivity index (χ4v) is 4.89. The molecule has 1 heterocycles. The number of nitrogens with two attached hydrogens (primary N) is 1. The van der Waals surface area contributed by atoms with Crippen LogP contribution in [0, 0.1) is 0 Å². The number of amides is 1. The number of fused-ring (bicyclic) bond motifs is 1. The number of sulfonamides is 1. The fraction of sp³-hybridized carbons (Fsp3) is 0.318. The molecule has 1 aromatic heterocycles. The maximum atomic E-state index is 14.2. The Hall–Kier alpha value is -3.39. The van der Waals surface area contributed by atoms with Crippen LogP contribution in [0.2, 0.25) is 0 Å². The lowest BCUT2D eigenvalue weighted by molar-refractivity contribution is 0.0538. The van der Waals surface area contributed by atoms with Crippen LogP contribution in [0.15, 0.2) is 47.1 Å². The van der Waals surface area contributed by atoms with Crippen LogP contribution >= 0.6 is 0 Å². The van der Waals surface area contributed by atoms with Gasteiger partial charge in [0.2, 0.25) is 10.0 Å². The van der Waals surface area contributed by atoms with E-state index in [0.717, 1.165) is 12.8 Å². The maximum absolute atomic E-state index is 14.2. The van der Waals surface area contributed by atoms with Gasteiger partial charge in [-0.15, -0.1) is 5.10 Å². The van der Waals surface area contributed by atoms with E-state index in [4.69, 9.17) is 15.3 Å². The van der Waals surface area contributed by atoms with Crippen molar-refractivity contribution in [3.8, 4) is 16.9 Å². The highest BCUT2D eigenvalue weighted by atomic mass is 32.2. The molecule has 3 aromatic rings. The van der Waals surface area contributed by atoms with E-state index in [9.17, 15) is 17.6 Å². The highest BCUT2D eigenvalue weighted by molar-refractivity contribution is 7.89. The first-order valence-electron chi connectivity index (χ1n) is 10.7. The Labute approximate surface area is 201 Å². The van der Waals surface area contributed by atoms with E-state index in [0.29, 0.717) is 27.9 Å². The lowest BCUT2D eigenvalue weighted by Gasteiger charge is -2.14. The molecule has 0 bridgehead atoms. The first-order valence-corrected chi connectivity index (χ1v) is 12.2. The largest absolute Gasteiger partial charge is 0.496 e. The minimum atomic E-state index is -3.77. The molecule has 1 saturated carbocycles. The third kappa shape index (κ3) is 5.32. The standard InChI is InChI=1S/C22H25FN6O5S/c1-33-20-6-5-16(35(31,32)27-15-3-4-15)11-17(20)18-9-13(22(30)26-34-2)10-19-21(18)25-28-29(19)12-14(23)7-8-24/h5-7,9-11,15,27H,3-4,8,12,24H2,1-2H3,(H,26,30)/b14-7-. The number of hydrogen-bond donors (Lipinski definition) is 3. The Morgan fingerprint density at radius 2 is 2.03 bits per heavy atom. The van der Waals surface area contributed by atoms with Crippen molar-refractivity contribution < 1.29 is 27.2 Å². The van der Waals surface area contributed by atoms with Gasteiger partial charge in [-0.25, -0.2) is 27.7 Å². The van der Waals surface area contributed by atoms with Gasteiger partial charge in [-0.3, -0.25) is 9.63 Å². The summed E-state index contributed by atoms with van der Waals surface area (Å²) >= 11 is 0. The number of carbonyl (C=O) groups excluding carboxylic acids is 1. The molecule has 0 radical (unpaired) electrons. The predicted molar refractivity (Wildman–Crippen MR) is 126 cm³/mol. The van der Waals surface area contributed by atoms with Crippen LogP contribution < -0.4 is 20.7 Å². The minimum absolute atomic E-state index is 0.0125. The van der Waals surface area contributed by atoms with Gasteiger partial charge in [0.1, 0.15) is 17.1 Å². The number of nitrogens with zero attached hydrogens (tertiary/aromatic N) is 3. The van der Waals surface area contributed by atoms with Gasteiger partial charge in [0.25, 0.3) is 5.91 Å². The number of rotatable bonds is 10. The van der Waals surface area contributed by atoms with Gasteiger partial charge in [-0.2, -0.15) is 0 Å². The molecular weight excluding hydrogens is 479 g/mol. The number of allylic oxidation sites excluding steroid dienone is 1. The predicted octanol–water partition coefficient (Wildman–Crippen LogP) is 1.65. The summed E-state index contributed by atoms with van der Waals surface area (Å²) in [5.74, 6) is -0.742. The number of nitrogens with one attached hydrogen (secondary N) is 2. The van der Waals surface area contributed by atoms with E-state index >= 15 is 0 Å². The third-order valence-corrected chi connectivity index (χ3v) is 6.91. The van der Waals surface area contributed by atoms with E-state index in [2.05, 4.69) is 20.5 Å². The first-order chi connectivity index (χ1) is 16.8. The molecule has 0 aliphatic heterocycles. The van der Waals surface area contributed by atoms with E-state index in [-0.39, 0.29) is 29.6 Å². The zero-order valence-electron chi connectivity index (χ0n) is 19.1. The van der Waals surface area contributed by atoms with Crippen molar-refractivity contribution in [3.63, 3.8) is 0 Å². The van der Waals surface area contributed by atoms with Crippen LogP contribution in [0.4, 0.5) is 4.39 Å². The van der Waals surface area contributed by atoms with Gasteiger partial charge >= 0.3 is 0 Å². The molecule has 0 saturated heterocycles. The van der Waals surface area contributed by atoms with Crippen molar-refractivity contribution in [2.24, 2.45) is 5.73 Å². The summed E-state index contributed by atoms with van der Waals surface area (Å²) in [5, 5.41) is 8.22. The van der Waals surface area contributed by atoms with Gasteiger partial charge < -0.3 is 10.5 Å². The number of hydrogen-bond acceptors (Lipinski definition) is 8. The number of hydroxylamine groups is 1. The molecule has 0 spiro atoms. The number of aromatic nitrogens is 3. The molecule has 0 atom stereocenters. The third-order valence-electron chi connectivity index (χ3n) is 5.39. The number of benzene rings is 2. The Morgan fingerprint density at radius 1 is 1.26 bits per heavy atom. The maximum Gasteiger partial charge on any atom is 0.274 e. The Balaban J connectivity index is 1.91. The summed E-state index contributed by atoms with van der Waals surface area (Å²) in [4.78, 5) is 17.4. The lowest BCUT2D eigenvalue weighted by atomic mass is 9.99. The van der Waals surface area contributed by atoms with Gasteiger partial charge in [0, 0.05) is 29.3 Å². The summed E-state index contributed by atoms with van der Waals surface area (Å²) in [6.07, 6.45) is 2.79. The van der Waals surface area contributed by atoms with Crippen LogP contribution in [0.1, 0.15) is 23.2 Å². The van der Waals surface area contributed by atoms with Crippen molar-refractivity contribution in [2.45, 2.75) is 30.3 Å². The molecule has 13 heteroatoms. The second kappa shape index (κ2) is 10.1. The summed E-state index contributed by atoms with van der Waals surface area (Å²) in [6.45, 7) is -0.238. The van der Waals surface area contributed by atoms with Crippen LogP contribution in [-0.4, -0.2) is 56.1 Å². The van der Waals surface area contributed by atoms with Gasteiger partial charge in [-0.05, 0) is 49.2 Å². The second-order valence-corrected chi connectivity index (χ2v) is 9.63. The van der Waals surface area contributed by atoms with Crippen molar-refractivity contribution >= 4 is 27.0 Å². The zero-order chi connectivity index (χ0) is 25.2. The molecule has 2 aromatic carbocycles. The fourth-order valence-electron chi connectivity index (χ4n) is 3.56. The summed E-state index contributed by atoms with van der Waals surface area (Å²) in [6, 6.07) is 7.35. The topological polar surface area (TPSA) is 150 Å². The molecule has 35 heavy (non-hydrogen) atoms. The molecule has 1 amide bonds. The monoisotopic (exact) mass is 504 g/mol. The van der Waals surface area contributed by atoms with Crippen LogP contribution in [-0.2, 0) is 21.4 Å². The lowest BCUT2D eigenvalue weighted by Crippen LogP contribution is -2.25.